The summed E-state index contributed by atoms with van der Waals surface area (Å²) in [5, 5.41) is 3.30. The van der Waals surface area contributed by atoms with Crippen molar-refractivity contribution < 1.29 is 9.47 Å². The van der Waals surface area contributed by atoms with Gasteiger partial charge in [0.05, 0.1) is 20.3 Å². The third kappa shape index (κ3) is 3.56. The maximum Gasteiger partial charge on any atom is 0.161 e. The number of rotatable bonds is 5. The molecule has 2 rings (SSSR count). The molecule has 0 aliphatic rings. The van der Waals surface area contributed by atoms with Crippen molar-refractivity contribution in [1.29, 1.82) is 0 Å². The van der Waals surface area contributed by atoms with Crippen molar-refractivity contribution in [2.45, 2.75) is 6.04 Å². The molecule has 21 heavy (non-hydrogen) atoms. The Kier molecular flexibility index (Phi) is 5.61. The van der Waals surface area contributed by atoms with Crippen molar-refractivity contribution in [2.24, 2.45) is 0 Å². The van der Waals surface area contributed by atoms with Crippen LogP contribution in [0.15, 0.2) is 39.5 Å². The highest BCUT2D eigenvalue weighted by molar-refractivity contribution is 9.10. The minimum Gasteiger partial charge on any atom is -0.493 e. The zero-order valence-electron chi connectivity index (χ0n) is 12.0. The standard InChI is InChI=1S/C15H16Br2N2O2/c1-18-15(9-4-10(16)8-19-7-9)11-5-13(20-2)14(21-3)6-12(11)17/h4-8,15,18H,1-3H3. The summed E-state index contributed by atoms with van der Waals surface area (Å²) >= 11 is 7.06. The van der Waals surface area contributed by atoms with Gasteiger partial charge in [-0.2, -0.15) is 0 Å². The van der Waals surface area contributed by atoms with E-state index in [1.54, 1.807) is 20.4 Å². The van der Waals surface area contributed by atoms with Gasteiger partial charge in [0.1, 0.15) is 0 Å². The average molecular weight is 416 g/mol. The number of halogens is 2. The van der Waals surface area contributed by atoms with Crippen molar-refractivity contribution in [1.82, 2.24) is 10.3 Å². The lowest BCUT2D eigenvalue weighted by Crippen LogP contribution is -2.18. The molecule has 0 saturated carbocycles. The smallest absolute Gasteiger partial charge is 0.161 e. The monoisotopic (exact) mass is 414 g/mol. The second-order valence-electron chi connectivity index (χ2n) is 4.39. The fourth-order valence-electron chi connectivity index (χ4n) is 2.18. The van der Waals surface area contributed by atoms with E-state index >= 15 is 0 Å². The van der Waals surface area contributed by atoms with Crippen LogP contribution in [0.25, 0.3) is 0 Å². The van der Waals surface area contributed by atoms with E-state index < -0.39 is 0 Å². The molecule has 6 heteroatoms. The Bertz CT molecular complexity index is 635. The Morgan fingerprint density at radius 1 is 1.05 bits per heavy atom. The highest BCUT2D eigenvalue weighted by atomic mass is 79.9. The molecule has 2 aromatic rings. The number of methoxy groups -OCH3 is 2. The molecule has 0 saturated heterocycles. The van der Waals surface area contributed by atoms with Crippen LogP contribution in [0.3, 0.4) is 0 Å². The highest BCUT2D eigenvalue weighted by Gasteiger charge is 2.19. The first-order valence-corrected chi connectivity index (χ1v) is 7.88. The molecule has 4 nitrogen and oxygen atoms in total. The van der Waals surface area contributed by atoms with Crippen LogP contribution >= 0.6 is 31.9 Å². The predicted molar refractivity (Wildman–Crippen MR) is 90.1 cm³/mol. The van der Waals surface area contributed by atoms with Crippen LogP contribution in [-0.2, 0) is 0 Å². The summed E-state index contributed by atoms with van der Waals surface area (Å²) in [6, 6.07) is 5.90. The van der Waals surface area contributed by atoms with Gasteiger partial charge >= 0.3 is 0 Å². The first-order chi connectivity index (χ1) is 10.1. The number of benzene rings is 1. The number of pyridine rings is 1. The molecule has 0 radical (unpaired) electrons. The molecule has 0 amide bonds. The van der Waals surface area contributed by atoms with Crippen LogP contribution in [0.4, 0.5) is 0 Å². The van der Waals surface area contributed by atoms with Crippen LogP contribution in [0.1, 0.15) is 17.2 Å². The van der Waals surface area contributed by atoms with E-state index in [-0.39, 0.29) is 6.04 Å². The van der Waals surface area contributed by atoms with Gasteiger partial charge in [-0.1, -0.05) is 15.9 Å². The molecule has 1 atom stereocenters. The molecule has 1 heterocycles. The second kappa shape index (κ2) is 7.24. The molecule has 1 aromatic heterocycles. The summed E-state index contributed by atoms with van der Waals surface area (Å²) in [5.41, 5.74) is 2.11. The zero-order chi connectivity index (χ0) is 15.4. The van der Waals surface area contributed by atoms with Gasteiger partial charge in [-0.3, -0.25) is 4.98 Å². The predicted octanol–water partition coefficient (Wildman–Crippen LogP) is 3.93. The molecule has 0 fully saturated rings. The minimum atomic E-state index is -0.0100. The number of hydrogen-bond donors (Lipinski definition) is 1. The van der Waals surface area contributed by atoms with Crippen molar-refractivity contribution >= 4 is 31.9 Å². The Morgan fingerprint density at radius 2 is 1.71 bits per heavy atom. The summed E-state index contributed by atoms with van der Waals surface area (Å²) in [5.74, 6) is 1.38. The Balaban J connectivity index is 2.52. The highest BCUT2D eigenvalue weighted by Crippen LogP contribution is 2.38. The van der Waals surface area contributed by atoms with E-state index in [1.165, 1.54) is 0 Å². The Morgan fingerprint density at radius 3 is 2.29 bits per heavy atom. The number of hydrogen-bond acceptors (Lipinski definition) is 4. The van der Waals surface area contributed by atoms with Crippen LogP contribution in [-0.4, -0.2) is 26.3 Å². The van der Waals surface area contributed by atoms with Crippen molar-refractivity contribution in [3.8, 4) is 11.5 Å². The van der Waals surface area contributed by atoms with Crippen molar-refractivity contribution in [3.63, 3.8) is 0 Å². The van der Waals surface area contributed by atoms with Gasteiger partial charge in [-0.05, 0) is 52.3 Å². The number of aromatic nitrogens is 1. The lowest BCUT2D eigenvalue weighted by molar-refractivity contribution is 0.354. The van der Waals surface area contributed by atoms with Gasteiger partial charge in [0.2, 0.25) is 0 Å². The zero-order valence-corrected chi connectivity index (χ0v) is 15.2. The summed E-state index contributed by atoms with van der Waals surface area (Å²) < 4.78 is 12.6. The lowest BCUT2D eigenvalue weighted by Gasteiger charge is -2.20. The molecular weight excluding hydrogens is 400 g/mol. The molecule has 0 aliphatic heterocycles. The van der Waals surface area contributed by atoms with Crippen LogP contribution < -0.4 is 14.8 Å². The summed E-state index contributed by atoms with van der Waals surface area (Å²) in [6.07, 6.45) is 3.61. The van der Waals surface area contributed by atoms with E-state index in [2.05, 4.69) is 42.2 Å². The number of nitrogens with one attached hydrogen (secondary N) is 1. The SMILES string of the molecule is CNC(c1cncc(Br)c1)c1cc(OC)c(OC)cc1Br. The maximum atomic E-state index is 5.39. The summed E-state index contributed by atoms with van der Waals surface area (Å²) in [4.78, 5) is 4.23. The van der Waals surface area contributed by atoms with Gasteiger partial charge < -0.3 is 14.8 Å². The van der Waals surface area contributed by atoms with Crippen molar-refractivity contribution in [2.75, 3.05) is 21.3 Å². The molecule has 0 spiro atoms. The minimum absolute atomic E-state index is 0.0100. The molecule has 1 aromatic carbocycles. The summed E-state index contributed by atoms with van der Waals surface area (Å²) in [6.45, 7) is 0. The Labute approximate surface area is 141 Å². The third-order valence-corrected chi connectivity index (χ3v) is 4.28. The number of ether oxygens (including phenoxy) is 2. The molecule has 1 N–H and O–H groups in total. The maximum absolute atomic E-state index is 5.39. The van der Waals surface area contributed by atoms with E-state index in [1.807, 2.05) is 31.4 Å². The van der Waals surface area contributed by atoms with Gasteiger partial charge in [0.15, 0.2) is 11.5 Å². The van der Waals surface area contributed by atoms with E-state index in [4.69, 9.17) is 9.47 Å². The lowest BCUT2D eigenvalue weighted by atomic mass is 10.00. The number of nitrogens with zero attached hydrogens (tertiary/aromatic N) is 1. The quantitative estimate of drug-likeness (QED) is 0.803. The van der Waals surface area contributed by atoms with Gasteiger partial charge in [0.25, 0.3) is 0 Å². The first-order valence-electron chi connectivity index (χ1n) is 6.29. The van der Waals surface area contributed by atoms with E-state index in [0.29, 0.717) is 11.5 Å². The third-order valence-electron chi connectivity index (χ3n) is 3.16. The fraction of sp³-hybridized carbons (Fsp3) is 0.267. The molecule has 112 valence electrons. The van der Waals surface area contributed by atoms with Crippen LogP contribution in [0.5, 0.6) is 11.5 Å². The largest absolute Gasteiger partial charge is 0.493 e. The average Bonchev–Trinajstić information content (AvgIpc) is 2.49. The topological polar surface area (TPSA) is 43.4 Å². The summed E-state index contributed by atoms with van der Waals surface area (Å²) in [7, 11) is 5.16. The molecule has 1 unspecified atom stereocenters. The van der Waals surface area contributed by atoms with Crippen LogP contribution in [0.2, 0.25) is 0 Å². The van der Waals surface area contributed by atoms with E-state index in [0.717, 1.165) is 20.1 Å². The second-order valence-corrected chi connectivity index (χ2v) is 6.16. The molecular formula is C15H16Br2N2O2. The molecule has 0 bridgehead atoms. The Hall–Kier alpha value is -1.11. The van der Waals surface area contributed by atoms with E-state index in [9.17, 15) is 0 Å². The van der Waals surface area contributed by atoms with Gasteiger partial charge in [0, 0.05) is 21.3 Å². The first kappa shape index (κ1) is 16.3. The normalized spacial score (nSPS) is 12.0. The van der Waals surface area contributed by atoms with Gasteiger partial charge in [-0.15, -0.1) is 0 Å². The van der Waals surface area contributed by atoms with Gasteiger partial charge in [-0.25, -0.2) is 0 Å². The molecule has 0 aliphatic carbocycles. The fourth-order valence-corrected chi connectivity index (χ4v) is 3.11. The van der Waals surface area contributed by atoms with Crippen LogP contribution in [0, 0.1) is 0 Å². The van der Waals surface area contributed by atoms with Crippen molar-refractivity contribution in [3.05, 3.63) is 50.7 Å².